The van der Waals surface area contributed by atoms with Gasteiger partial charge in [0.25, 0.3) is 0 Å². The Balaban J connectivity index is 1.87. The fraction of sp³-hybridized carbons (Fsp3) is 0.667. The zero-order chi connectivity index (χ0) is 9.10. The number of aromatic nitrogens is 1. The highest BCUT2D eigenvalue weighted by molar-refractivity contribution is 7.13. The predicted octanol–water partition coefficient (Wildman–Crippen LogP) is 1.98. The molecular formula is C9H14N2OS. The SMILES string of the molecule is CC(Nc1nccs1)C1CCOC1. The van der Waals surface area contributed by atoms with Gasteiger partial charge in [-0.15, -0.1) is 11.3 Å². The van der Waals surface area contributed by atoms with E-state index in [1.54, 1.807) is 11.3 Å². The van der Waals surface area contributed by atoms with Crippen LogP contribution in [0.3, 0.4) is 0 Å². The molecule has 1 aliphatic heterocycles. The summed E-state index contributed by atoms with van der Waals surface area (Å²) in [6.07, 6.45) is 2.99. The molecule has 3 nitrogen and oxygen atoms in total. The predicted molar refractivity (Wildman–Crippen MR) is 54.1 cm³/mol. The molecule has 1 aliphatic rings. The van der Waals surface area contributed by atoms with Crippen LogP contribution in [0, 0.1) is 5.92 Å². The van der Waals surface area contributed by atoms with E-state index in [-0.39, 0.29) is 0 Å². The van der Waals surface area contributed by atoms with E-state index in [0.717, 1.165) is 18.3 Å². The zero-order valence-electron chi connectivity index (χ0n) is 7.69. The number of rotatable bonds is 3. The molecule has 13 heavy (non-hydrogen) atoms. The zero-order valence-corrected chi connectivity index (χ0v) is 8.51. The van der Waals surface area contributed by atoms with Crippen LogP contribution in [0.25, 0.3) is 0 Å². The van der Waals surface area contributed by atoms with E-state index in [9.17, 15) is 0 Å². The Morgan fingerprint density at radius 3 is 3.31 bits per heavy atom. The monoisotopic (exact) mass is 198 g/mol. The summed E-state index contributed by atoms with van der Waals surface area (Å²) in [6.45, 7) is 3.99. The number of hydrogen-bond donors (Lipinski definition) is 1. The van der Waals surface area contributed by atoms with Gasteiger partial charge in [-0.05, 0) is 13.3 Å². The van der Waals surface area contributed by atoms with Gasteiger partial charge in [-0.2, -0.15) is 0 Å². The maximum absolute atomic E-state index is 5.34. The molecule has 0 saturated carbocycles. The number of hydrogen-bond acceptors (Lipinski definition) is 4. The fourth-order valence-electron chi connectivity index (χ4n) is 1.55. The van der Waals surface area contributed by atoms with E-state index in [1.807, 2.05) is 11.6 Å². The second kappa shape index (κ2) is 4.07. The molecule has 1 N–H and O–H groups in total. The topological polar surface area (TPSA) is 34.2 Å². The lowest BCUT2D eigenvalue weighted by Gasteiger charge is -2.18. The first kappa shape index (κ1) is 8.97. The van der Waals surface area contributed by atoms with Gasteiger partial charge >= 0.3 is 0 Å². The van der Waals surface area contributed by atoms with Crippen molar-refractivity contribution in [1.82, 2.24) is 4.98 Å². The number of nitrogens with zero attached hydrogens (tertiary/aromatic N) is 1. The molecule has 0 amide bonds. The summed E-state index contributed by atoms with van der Waals surface area (Å²) in [7, 11) is 0. The van der Waals surface area contributed by atoms with Gasteiger partial charge in [-0.1, -0.05) is 0 Å². The number of thiazole rings is 1. The van der Waals surface area contributed by atoms with Crippen molar-refractivity contribution in [1.29, 1.82) is 0 Å². The second-order valence-corrected chi connectivity index (χ2v) is 4.29. The van der Waals surface area contributed by atoms with Gasteiger partial charge in [-0.25, -0.2) is 4.98 Å². The molecule has 1 aromatic rings. The number of anilines is 1. The molecule has 0 bridgehead atoms. The fourth-order valence-corrected chi connectivity index (χ4v) is 2.18. The van der Waals surface area contributed by atoms with E-state index in [1.165, 1.54) is 6.42 Å². The van der Waals surface area contributed by atoms with Gasteiger partial charge in [0.05, 0.1) is 6.61 Å². The summed E-state index contributed by atoms with van der Waals surface area (Å²) in [5.74, 6) is 0.642. The van der Waals surface area contributed by atoms with Gasteiger partial charge in [0.2, 0.25) is 0 Å². The van der Waals surface area contributed by atoms with Gasteiger partial charge in [0.1, 0.15) is 0 Å². The van der Waals surface area contributed by atoms with Gasteiger partial charge in [0, 0.05) is 30.1 Å². The average molecular weight is 198 g/mol. The summed E-state index contributed by atoms with van der Waals surface area (Å²) in [4.78, 5) is 4.19. The van der Waals surface area contributed by atoms with Crippen LogP contribution in [-0.2, 0) is 4.74 Å². The third kappa shape index (κ3) is 2.19. The molecule has 2 unspecified atom stereocenters. The molecule has 1 fully saturated rings. The Labute approximate surface area is 82.1 Å². The standard InChI is InChI=1S/C9H14N2OS/c1-7(8-2-4-12-6-8)11-9-10-3-5-13-9/h3,5,7-8H,2,4,6H2,1H3,(H,10,11). The summed E-state index contributed by atoms with van der Waals surface area (Å²) >= 11 is 1.65. The lowest BCUT2D eigenvalue weighted by Crippen LogP contribution is -2.25. The van der Waals surface area contributed by atoms with Crippen molar-refractivity contribution in [2.24, 2.45) is 5.92 Å². The molecule has 2 rings (SSSR count). The summed E-state index contributed by atoms with van der Waals surface area (Å²) < 4.78 is 5.34. The van der Waals surface area contributed by atoms with Gasteiger partial charge < -0.3 is 10.1 Å². The minimum absolute atomic E-state index is 0.466. The van der Waals surface area contributed by atoms with E-state index in [0.29, 0.717) is 12.0 Å². The molecule has 2 heterocycles. The van der Waals surface area contributed by atoms with Crippen molar-refractivity contribution in [3.63, 3.8) is 0 Å². The Bertz CT molecular complexity index is 244. The Hall–Kier alpha value is -0.610. The molecule has 72 valence electrons. The molecule has 0 spiro atoms. The van der Waals surface area contributed by atoms with Crippen LogP contribution in [0.15, 0.2) is 11.6 Å². The third-order valence-electron chi connectivity index (χ3n) is 2.46. The molecule has 1 saturated heterocycles. The molecule has 2 atom stereocenters. The first-order valence-corrected chi connectivity index (χ1v) is 5.48. The van der Waals surface area contributed by atoms with Crippen LogP contribution in [0.5, 0.6) is 0 Å². The number of ether oxygens (including phenoxy) is 1. The van der Waals surface area contributed by atoms with Crippen LogP contribution in [-0.4, -0.2) is 24.2 Å². The van der Waals surface area contributed by atoms with Crippen molar-refractivity contribution < 1.29 is 4.74 Å². The van der Waals surface area contributed by atoms with Crippen LogP contribution in [0.2, 0.25) is 0 Å². The van der Waals surface area contributed by atoms with E-state index >= 15 is 0 Å². The molecule has 4 heteroatoms. The first-order chi connectivity index (χ1) is 6.36. The van der Waals surface area contributed by atoms with Crippen molar-refractivity contribution in [2.45, 2.75) is 19.4 Å². The van der Waals surface area contributed by atoms with Crippen LogP contribution in [0.4, 0.5) is 5.13 Å². The number of nitrogens with one attached hydrogen (secondary N) is 1. The van der Waals surface area contributed by atoms with E-state index in [4.69, 9.17) is 4.74 Å². The van der Waals surface area contributed by atoms with Crippen molar-refractivity contribution >= 4 is 16.5 Å². The average Bonchev–Trinajstić information content (AvgIpc) is 2.74. The van der Waals surface area contributed by atoms with E-state index in [2.05, 4.69) is 17.2 Å². The minimum Gasteiger partial charge on any atom is -0.381 e. The van der Waals surface area contributed by atoms with E-state index < -0.39 is 0 Å². The van der Waals surface area contributed by atoms with Crippen LogP contribution < -0.4 is 5.32 Å². The maximum Gasteiger partial charge on any atom is 0.182 e. The normalized spacial score (nSPS) is 24.5. The minimum atomic E-state index is 0.466. The van der Waals surface area contributed by atoms with Gasteiger partial charge in [-0.3, -0.25) is 0 Å². The highest BCUT2D eigenvalue weighted by atomic mass is 32.1. The molecule has 0 aromatic carbocycles. The Kier molecular flexibility index (Phi) is 2.80. The Morgan fingerprint density at radius 1 is 1.77 bits per heavy atom. The highest BCUT2D eigenvalue weighted by Crippen LogP contribution is 2.21. The quantitative estimate of drug-likeness (QED) is 0.806. The maximum atomic E-state index is 5.34. The third-order valence-corrected chi connectivity index (χ3v) is 3.16. The molecule has 0 aliphatic carbocycles. The van der Waals surface area contributed by atoms with Gasteiger partial charge in [0.15, 0.2) is 5.13 Å². The second-order valence-electron chi connectivity index (χ2n) is 3.39. The summed E-state index contributed by atoms with van der Waals surface area (Å²) in [5.41, 5.74) is 0. The largest absolute Gasteiger partial charge is 0.381 e. The Morgan fingerprint density at radius 2 is 2.69 bits per heavy atom. The molecule has 1 aromatic heterocycles. The first-order valence-electron chi connectivity index (χ1n) is 4.60. The van der Waals surface area contributed by atoms with Crippen molar-refractivity contribution in [3.8, 4) is 0 Å². The van der Waals surface area contributed by atoms with Crippen LogP contribution in [0.1, 0.15) is 13.3 Å². The summed E-state index contributed by atoms with van der Waals surface area (Å²) in [6, 6.07) is 0.466. The highest BCUT2D eigenvalue weighted by Gasteiger charge is 2.22. The lowest BCUT2D eigenvalue weighted by atomic mass is 10.0. The molecular weight excluding hydrogens is 184 g/mol. The molecule has 0 radical (unpaired) electrons. The van der Waals surface area contributed by atoms with Crippen molar-refractivity contribution in [2.75, 3.05) is 18.5 Å². The van der Waals surface area contributed by atoms with Crippen molar-refractivity contribution in [3.05, 3.63) is 11.6 Å². The smallest absolute Gasteiger partial charge is 0.182 e. The summed E-state index contributed by atoms with van der Waals surface area (Å²) in [5, 5.41) is 6.39. The van der Waals surface area contributed by atoms with Crippen LogP contribution >= 0.6 is 11.3 Å². The lowest BCUT2D eigenvalue weighted by molar-refractivity contribution is 0.183.